The third-order valence-electron chi connectivity index (χ3n) is 4.83. The van der Waals surface area contributed by atoms with Gasteiger partial charge in [0, 0.05) is 42.8 Å². The first kappa shape index (κ1) is 20.0. The van der Waals surface area contributed by atoms with Crippen LogP contribution >= 0.6 is 7.80 Å². The summed E-state index contributed by atoms with van der Waals surface area (Å²) in [5.41, 5.74) is 2.00. The summed E-state index contributed by atoms with van der Waals surface area (Å²) in [6, 6.07) is 7.33. The third kappa shape index (κ3) is 4.57. The minimum atomic E-state index is -1.50. The van der Waals surface area contributed by atoms with Gasteiger partial charge in [0.05, 0.1) is 18.9 Å². The Hall–Kier alpha value is -2.72. The number of nitrogens with one attached hydrogen (secondary N) is 1. The molecule has 1 fully saturated rings. The molecular weight excluding hydrogens is 373 g/mol. The van der Waals surface area contributed by atoms with Crippen molar-refractivity contribution < 1.29 is 9.36 Å². The average Bonchev–Trinajstić information content (AvgIpc) is 2.70. The minimum Gasteiger partial charge on any atom is -0.338 e. The zero-order valence-corrected chi connectivity index (χ0v) is 16.9. The van der Waals surface area contributed by atoms with Crippen molar-refractivity contribution in [2.75, 3.05) is 25.4 Å². The Balaban J connectivity index is 1.86. The first-order valence-electron chi connectivity index (χ1n) is 9.26. The van der Waals surface area contributed by atoms with Gasteiger partial charge >= 0.3 is 0 Å². The molecule has 1 aromatic heterocycles. The number of aromatic amines is 1. The molecule has 0 bridgehead atoms. The standard InChI is InChI=1S/C21H24N3O3P/c1-3-6-16(13-15(2)21(26)24-9-11-28(27)12-10-24)14-19-17-7-4-5-8-18(17)20(25)23-22-19/h3-8,13,28H,1,9-12,14H2,2H3,(H,23,25)/b15-13+,16-6+. The van der Waals surface area contributed by atoms with Crippen LogP contribution in [0.15, 0.2) is 65.0 Å². The van der Waals surface area contributed by atoms with Gasteiger partial charge in [-0.2, -0.15) is 5.10 Å². The molecule has 2 heterocycles. The van der Waals surface area contributed by atoms with E-state index < -0.39 is 7.80 Å². The molecule has 0 aliphatic carbocycles. The van der Waals surface area contributed by atoms with Gasteiger partial charge in [0.1, 0.15) is 0 Å². The predicted molar refractivity (Wildman–Crippen MR) is 113 cm³/mol. The van der Waals surface area contributed by atoms with E-state index in [2.05, 4.69) is 16.8 Å². The molecule has 0 spiro atoms. The lowest BCUT2D eigenvalue weighted by Crippen LogP contribution is -2.38. The summed E-state index contributed by atoms with van der Waals surface area (Å²) in [7, 11) is -1.50. The molecule has 28 heavy (non-hydrogen) atoms. The zero-order valence-electron chi connectivity index (χ0n) is 15.9. The first-order valence-corrected chi connectivity index (χ1v) is 11.1. The molecule has 0 saturated carbocycles. The molecule has 0 unspecified atom stereocenters. The number of aromatic nitrogens is 2. The highest BCUT2D eigenvalue weighted by Crippen LogP contribution is 2.25. The van der Waals surface area contributed by atoms with Crippen LogP contribution in [0, 0.1) is 0 Å². The Morgan fingerprint density at radius 2 is 1.96 bits per heavy atom. The van der Waals surface area contributed by atoms with Gasteiger partial charge in [0.15, 0.2) is 0 Å². The summed E-state index contributed by atoms with van der Waals surface area (Å²) < 4.78 is 11.6. The first-order chi connectivity index (χ1) is 13.5. The SMILES string of the molecule is C=C/C=C(\C=C(/C)C(=O)N1CC[PH](=O)CC1)Cc1n[nH]c(=O)c2ccccc12. The van der Waals surface area contributed by atoms with Crippen LogP contribution < -0.4 is 5.56 Å². The number of allylic oxidation sites excluding steroid dienone is 4. The van der Waals surface area contributed by atoms with Crippen LogP contribution in [0.3, 0.4) is 0 Å². The maximum atomic E-state index is 12.7. The van der Waals surface area contributed by atoms with Crippen molar-refractivity contribution in [3.8, 4) is 0 Å². The fourth-order valence-corrected chi connectivity index (χ4v) is 4.65. The highest BCUT2D eigenvalue weighted by Gasteiger charge is 2.21. The van der Waals surface area contributed by atoms with Gasteiger partial charge in [0.25, 0.3) is 5.56 Å². The van der Waals surface area contributed by atoms with Gasteiger partial charge in [-0.3, -0.25) is 9.59 Å². The van der Waals surface area contributed by atoms with E-state index in [1.54, 1.807) is 24.0 Å². The van der Waals surface area contributed by atoms with Crippen molar-refractivity contribution >= 4 is 24.5 Å². The summed E-state index contributed by atoms with van der Waals surface area (Å²) in [5.74, 6) is -0.0382. The molecule has 0 atom stereocenters. The number of nitrogens with zero attached hydrogens (tertiary/aromatic N) is 2. The van der Waals surface area contributed by atoms with Gasteiger partial charge in [0.2, 0.25) is 5.91 Å². The lowest BCUT2D eigenvalue weighted by molar-refractivity contribution is -0.126. The molecule has 2 aromatic rings. The van der Waals surface area contributed by atoms with Crippen molar-refractivity contribution in [3.05, 3.63) is 76.3 Å². The topological polar surface area (TPSA) is 83.1 Å². The van der Waals surface area contributed by atoms with E-state index in [9.17, 15) is 14.2 Å². The van der Waals surface area contributed by atoms with E-state index in [0.717, 1.165) is 16.7 Å². The summed E-state index contributed by atoms with van der Waals surface area (Å²) in [6.45, 7) is 6.65. The molecule has 1 aliphatic rings. The smallest absolute Gasteiger partial charge is 0.272 e. The Morgan fingerprint density at radius 1 is 1.29 bits per heavy atom. The Kier molecular flexibility index (Phi) is 6.42. The van der Waals surface area contributed by atoms with Gasteiger partial charge < -0.3 is 9.46 Å². The summed E-state index contributed by atoms with van der Waals surface area (Å²) >= 11 is 0. The van der Waals surface area contributed by atoms with E-state index in [-0.39, 0.29) is 11.5 Å². The molecule has 6 nitrogen and oxygen atoms in total. The van der Waals surface area contributed by atoms with Crippen LogP contribution in [0.4, 0.5) is 0 Å². The van der Waals surface area contributed by atoms with E-state index >= 15 is 0 Å². The molecule has 1 amide bonds. The predicted octanol–water partition coefficient (Wildman–Crippen LogP) is 2.93. The summed E-state index contributed by atoms with van der Waals surface area (Å²) in [6.07, 6.45) is 7.02. The number of H-pyrrole nitrogens is 1. The monoisotopic (exact) mass is 397 g/mol. The maximum Gasteiger partial charge on any atom is 0.272 e. The van der Waals surface area contributed by atoms with Crippen LogP contribution in [0.2, 0.25) is 0 Å². The average molecular weight is 397 g/mol. The highest BCUT2D eigenvalue weighted by atomic mass is 31.1. The minimum absolute atomic E-state index is 0.0382. The number of carbonyl (C=O) groups is 1. The fourth-order valence-electron chi connectivity index (χ4n) is 3.36. The molecule has 1 saturated heterocycles. The van der Waals surface area contributed by atoms with Crippen molar-refractivity contribution in [2.24, 2.45) is 0 Å². The number of carbonyl (C=O) groups excluding carboxylic acids is 1. The molecule has 1 N–H and O–H groups in total. The van der Waals surface area contributed by atoms with Crippen LogP contribution in [0.5, 0.6) is 0 Å². The van der Waals surface area contributed by atoms with Gasteiger partial charge in [-0.05, 0) is 18.6 Å². The van der Waals surface area contributed by atoms with Gasteiger partial charge in [-0.25, -0.2) is 5.10 Å². The number of hydrogen-bond acceptors (Lipinski definition) is 4. The number of fused-ring (bicyclic) bond motifs is 1. The molecule has 0 radical (unpaired) electrons. The highest BCUT2D eigenvalue weighted by molar-refractivity contribution is 7.44. The van der Waals surface area contributed by atoms with Crippen molar-refractivity contribution in [1.82, 2.24) is 15.1 Å². The van der Waals surface area contributed by atoms with Gasteiger partial charge in [-0.15, -0.1) is 0 Å². The molecular formula is C21H24N3O3P. The molecule has 1 aromatic carbocycles. The third-order valence-corrected chi connectivity index (χ3v) is 6.39. The van der Waals surface area contributed by atoms with Crippen LogP contribution in [0.25, 0.3) is 10.8 Å². The normalized spacial score (nSPS) is 16.4. The summed E-state index contributed by atoms with van der Waals surface area (Å²) in [5, 5.41) is 8.13. The number of hydrogen-bond donors (Lipinski definition) is 1. The van der Waals surface area contributed by atoms with E-state index in [1.807, 2.05) is 30.4 Å². The maximum absolute atomic E-state index is 12.7. The second-order valence-electron chi connectivity index (χ2n) is 6.86. The van der Waals surface area contributed by atoms with Crippen molar-refractivity contribution in [2.45, 2.75) is 13.3 Å². The molecule has 1 aliphatic heterocycles. The van der Waals surface area contributed by atoms with E-state index in [4.69, 9.17) is 0 Å². The second kappa shape index (κ2) is 8.98. The fraction of sp³-hybridized carbons (Fsp3) is 0.286. The Bertz CT molecular complexity index is 1040. The quantitative estimate of drug-likeness (QED) is 0.478. The van der Waals surface area contributed by atoms with Crippen LogP contribution in [0.1, 0.15) is 12.6 Å². The number of amides is 1. The molecule has 7 heteroatoms. The molecule has 146 valence electrons. The van der Waals surface area contributed by atoms with E-state index in [0.29, 0.717) is 42.8 Å². The largest absolute Gasteiger partial charge is 0.338 e. The zero-order chi connectivity index (χ0) is 20.1. The van der Waals surface area contributed by atoms with Crippen molar-refractivity contribution in [3.63, 3.8) is 0 Å². The number of rotatable bonds is 5. The summed E-state index contributed by atoms with van der Waals surface area (Å²) in [4.78, 5) is 26.4. The van der Waals surface area contributed by atoms with E-state index in [1.165, 1.54) is 0 Å². The van der Waals surface area contributed by atoms with Crippen LogP contribution in [-0.2, 0) is 15.8 Å². The van der Waals surface area contributed by atoms with Crippen LogP contribution in [-0.4, -0.2) is 46.4 Å². The number of benzene rings is 1. The van der Waals surface area contributed by atoms with Crippen molar-refractivity contribution in [1.29, 1.82) is 0 Å². The Morgan fingerprint density at radius 3 is 2.64 bits per heavy atom. The Labute approximate surface area is 164 Å². The second-order valence-corrected chi connectivity index (χ2v) is 8.93. The van der Waals surface area contributed by atoms with Gasteiger partial charge in [-0.1, -0.05) is 43.0 Å². The lowest BCUT2D eigenvalue weighted by atomic mass is 10.0. The molecule has 3 rings (SSSR count). The lowest BCUT2D eigenvalue weighted by Gasteiger charge is -2.26.